The maximum Gasteiger partial charge on any atom is 0.253 e. The van der Waals surface area contributed by atoms with Gasteiger partial charge in [0.25, 0.3) is 5.91 Å². The van der Waals surface area contributed by atoms with Crippen LogP contribution in [0.25, 0.3) is 0 Å². The third-order valence-electron chi connectivity index (χ3n) is 7.95. The van der Waals surface area contributed by atoms with E-state index in [9.17, 15) is 4.79 Å². The molecule has 5 rings (SSSR count). The summed E-state index contributed by atoms with van der Waals surface area (Å²) >= 11 is 6.10. The van der Waals surface area contributed by atoms with Crippen LogP contribution in [0, 0.1) is 0 Å². The fraction of sp³-hybridized carbons (Fsp3) is 0.607. The summed E-state index contributed by atoms with van der Waals surface area (Å²) in [5.74, 6) is 1.90. The van der Waals surface area contributed by atoms with Crippen LogP contribution in [0.3, 0.4) is 0 Å². The van der Waals surface area contributed by atoms with Crippen molar-refractivity contribution >= 4 is 29.3 Å². The first-order valence-electron chi connectivity index (χ1n) is 13.8. The van der Waals surface area contributed by atoms with Crippen LogP contribution in [0.1, 0.15) is 68.1 Å². The molecule has 2 aromatic rings. The lowest BCUT2D eigenvalue weighted by Gasteiger charge is -2.39. The highest BCUT2D eigenvalue weighted by molar-refractivity contribution is 6.30. The second-order valence-corrected chi connectivity index (χ2v) is 10.9. The summed E-state index contributed by atoms with van der Waals surface area (Å²) in [5, 5.41) is 4.28. The molecule has 8 heteroatoms. The smallest absolute Gasteiger partial charge is 0.253 e. The number of hydrogen-bond donors (Lipinski definition) is 1. The van der Waals surface area contributed by atoms with Gasteiger partial charge in [-0.05, 0) is 69.3 Å². The number of piperidine rings is 1. The predicted molar refractivity (Wildman–Crippen MR) is 146 cm³/mol. The van der Waals surface area contributed by atoms with Gasteiger partial charge in [-0.25, -0.2) is 4.98 Å². The quantitative estimate of drug-likeness (QED) is 0.605. The van der Waals surface area contributed by atoms with E-state index in [1.165, 1.54) is 38.5 Å². The summed E-state index contributed by atoms with van der Waals surface area (Å²) in [6, 6.07) is 10.2. The van der Waals surface area contributed by atoms with Crippen molar-refractivity contribution in [1.82, 2.24) is 19.8 Å². The molecule has 1 aromatic heterocycles. The van der Waals surface area contributed by atoms with Crippen molar-refractivity contribution in [2.45, 2.75) is 69.9 Å². The van der Waals surface area contributed by atoms with Crippen molar-refractivity contribution in [3.8, 4) is 0 Å². The maximum atomic E-state index is 12.9. The molecule has 0 radical (unpaired) electrons. The Bertz CT molecular complexity index is 1000. The zero-order chi connectivity index (χ0) is 24.7. The van der Waals surface area contributed by atoms with E-state index in [1.54, 1.807) is 6.07 Å². The lowest BCUT2D eigenvalue weighted by atomic mass is 10.0. The van der Waals surface area contributed by atoms with Gasteiger partial charge >= 0.3 is 0 Å². The van der Waals surface area contributed by atoms with Gasteiger partial charge in [0.2, 0.25) is 5.95 Å². The molecule has 3 aliphatic heterocycles. The zero-order valence-electron chi connectivity index (χ0n) is 21.2. The summed E-state index contributed by atoms with van der Waals surface area (Å²) in [7, 11) is 0. The average molecular weight is 511 g/mol. The van der Waals surface area contributed by atoms with E-state index in [-0.39, 0.29) is 5.91 Å². The van der Waals surface area contributed by atoms with E-state index in [0.717, 1.165) is 70.3 Å². The summed E-state index contributed by atoms with van der Waals surface area (Å²) < 4.78 is 0. The van der Waals surface area contributed by atoms with Crippen LogP contribution in [0.2, 0.25) is 5.02 Å². The number of rotatable bonds is 5. The number of nitrogens with zero attached hydrogens (tertiary/aromatic N) is 5. The SMILES string of the molecule is O=C(c1cccc(Cl)c1)N1CCC(N2CCCCC(Nc3nccc(N4CCCCCC4)n3)C2)CC1. The molecule has 3 saturated heterocycles. The number of carbonyl (C=O) groups is 1. The average Bonchev–Trinajstić information content (AvgIpc) is 3.32. The molecule has 1 amide bonds. The van der Waals surface area contributed by atoms with Crippen LogP contribution >= 0.6 is 11.6 Å². The van der Waals surface area contributed by atoms with Crippen LogP contribution in [-0.4, -0.2) is 77.0 Å². The molecular formula is C28H39ClN6O. The summed E-state index contributed by atoms with van der Waals surface area (Å²) in [6.07, 6.45) is 12.6. The van der Waals surface area contributed by atoms with E-state index in [4.69, 9.17) is 16.6 Å². The third-order valence-corrected chi connectivity index (χ3v) is 8.18. The number of anilines is 2. The topological polar surface area (TPSA) is 64.6 Å². The van der Waals surface area contributed by atoms with Gasteiger partial charge in [0.05, 0.1) is 0 Å². The standard InChI is InChI=1S/C28H39ClN6O/c29-23-9-7-8-22(20-23)27(36)34-18-12-25(13-19-34)35-17-6-3-10-24(21-35)31-28-30-14-11-26(32-28)33-15-4-1-2-5-16-33/h7-9,11,14,20,24-25H,1-6,10,12-13,15-19,21H2,(H,30,31,32). The van der Waals surface area contributed by atoms with Gasteiger partial charge in [-0.2, -0.15) is 4.98 Å². The molecule has 1 atom stereocenters. The van der Waals surface area contributed by atoms with E-state index in [1.807, 2.05) is 35.4 Å². The number of aromatic nitrogens is 2. The minimum absolute atomic E-state index is 0.0906. The van der Waals surface area contributed by atoms with E-state index in [0.29, 0.717) is 22.7 Å². The van der Waals surface area contributed by atoms with Gasteiger partial charge in [-0.15, -0.1) is 0 Å². The molecule has 194 valence electrons. The maximum absolute atomic E-state index is 12.9. The highest BCUT2D eigenvalue weighted by Crippen LogP contribution is 2.24. The van der Waals surface area contributed by atoms with Gasteiger partial charge in [0.1, 0.15) is 5.82 Å². The zero-order valence-corrected chi connectivity index (χ0v) is 22.0. The van der Waals surface area contributed by atoms with Gasteiger partial charge in [0.15, 0.2) is 0 Å². The summed E-state index contributed by atoms with van der Waals surface area (Å²) in [5.41, 5.74) is 0.683. The van der Waals surface area contributed by atoms with E-state index < -0.39 is 0 Å². The first-order valence-corrected chi connectivity index (χ1v) is 14.2. The molecule has 0 spiro atoms. The van der Waals surface area contributed by atoms with E-state index in [2.05, 4.69) is 20.1 Å². The fourth-order valence-electron chi connectivity index (χ4n) is 5.94. The van der Waals surface area contributed by atoms with Gasteiger partial charge in [-0.1, -0.05) is 36.9 Å². The molecule has 1 unspecified atom stereocenters. The Morgan fingerprint density at radius 2 is 1.69 bits per heavy atom. The number of carbonyl (C=O) groups excluding carboxylic acids is 1. The molecule has 1 aromatic carbocycles. The van der Waals surface area contributed by atoms with Crippen molar-refractivity contribution < 1.29 is 4.79 Å². The summed E-state index contributed by atoms with van der Waals surface area (Å²) in [6.45, 7) is 5.90. The molecule has 0 bridgehead atoms. The van der Waals surface area contributed by atoms with Crippen molar-refractivity contribution in [3.05, 3.63) is 47.1 Å². The highest BCUT2D eigenvalue weighted by Gasteiger charge is 2.30. The van der Waals surface area contributed by atoms with Crippen molar-refractivity contribution in [3.63, 3.8) is 0 Å². The van der Waals surface area contributed by atoms with Crippen LogP contribution in [0.4, 0.5) is 11.8 Å². The number of likely N-dealkylation sites (tertiary alicyclic amines) is 2. The normalized spacial score (nSPS) is 22.6. The monoisotopic (exact) mass is 510 g/mol. The van der Waals surface area contributed by atoms with Crippen molar-refractivity contribution in [2.75, 3.05) is 49.5 Å². The number of amides is 1. The van der Waals surface area contributed by atoms with Gasteiger partial charge < -0.3 is 15.1 Å². The predicted octanol–water partition coefficient (Wildman–Crippen LogP) is 5.08. The van der Waals surface area contributed by atoms with Crippen molar-refractivity contribution in [1.29, 1.82) is 0 Å². The Morgan fingerprint density at radius 1 is 0.917 bits per heavy atom. The fourth-order valence-corrected chi connectivity index (χ4v) is 6.13. The van der Waals surface area contributed by atoms with Crippen LogP contribution in [0.5, 0.6) is 0 Å². The molecule has 0 aliphatic carbocycles. The Morgan fingerprint density at radius 3 is 2.47 bits per heavy atom. The van der Waals surface area contributed by atoms with Crippen LogP contribution in [0.15, 0.2) is 36.5 Å². The number of halogens is 1. The van der Waals surface area contributed by atoms with Crippen molar-refractivity contribution in [2.24, 2.45) is 0 Å². The Hall–Kier alpha value is -2.38. The molecular weight excluding hydrogens is 472 g/mol. The molecule has 7 nitrogen and oxygen atoms in total. The second-order valence-electron chi connectivity index (χ2n) is 10.5. The number of benzene rings is 1. The summed E-state index contributed by atoms with van der Waals surface area (Å²) in [4.78, 5) is 29.4. The molecule has 4 heterocycles. The molecule has 36 heavy (non-hydrogen) atoms. The Kier molecular flexibility index (Phi) is 8.59. The minimum Gasteiger partial charge on any atom is -0.356 e. The second kappa shape index (κ2) is 12.2. The Labute approximate surface area is 220 Å². The van der Waals surface area contributed by atoms with Crippen LogP contribution in [-0.2, 0) is 0 Å². The molecule has 3 aliphatic rings. The Balaban J connectivity index is 1.16. The first kappa shape index (κ1) is 25.3. The largest absolute Gasteiger partial charge is 0.356 e. The first-order chi connectivity index (χ1) is 17.7. The van der Waals surface area contributed by atoms with Crippen LogP contribution < -0.4 is 10.2 Å². The van der Waals surface area contributed by atoms with Gasteiger partial charge in [-0.3, -0.25) is 9.69 Å². The third kappa shape index (κ3) is 6.48. The molecule has 3 fully saturated rings. The van der Waals surface area contributed by atoms with Gasteiger partial charge in [0, 0.05) is 61.6 Å². The highest BCUT2D eigenvalue weighted by atomic mass is 35.5. The molecule has 1 N–H and O–H groups in total. The lowest BCUT2D eigenvalue weighted by molar-refractivity contribution is 0.0620. The number of nitrogens with one attached hydrogen (secondary N) is 1. The van der Waals surface area contributed by atoms with E-state index >= 15 is 0 Å². The number of hydrogen-bond acceptors (Lipinski definition) is 6. The lowest BCUT2D eigenvalue weighted by Crippen LogP contribution is -2.49. The minimum atomic E-state index is 0.0906. The molecule has 0 saturated carbocycles.